The normalized spacial score (nSPS) is 15.7. The molecule has 24 heavy (non-hydrogen) atoms. The number of hydrogen-bond acceptors (Lipinski definition) is 6. The highest BCUT2D eigenvalue weighted by Crippen LogP contribution is 2.39. The van der Waals surface area contributed by atoms with Crippen molar-refractivity contribution in [2.24, 2.45) is 0 Å². The average molecular weight is 347 g/mol. The van der Waals surface area contributed by atoms with Crippen LogP contribution in [0.25, 0.3) is 10.6 Å². The lowest BCUT2D eigenvalue weighted by Gasteiger charge is -2.17. The Morgan fingerprint density at radius 3 is 2.96 bits per heavy atom. The number of thiazole rings is 1. The monoisotopic (exact) mass is 347 g/mol. The van der Waals surface area contributed by atoms with Crippen LogP contribution in [0.4, 0.5) is 0 Å². The fraction of sp³-hybridized carbons (Fsp3) is 0.412. The maximum Gasteiger partial charge on any atom is 0.221 e. The van der Waals surface area contributed by atoms with Crippen molar-refractivity contribution in [2.45, 2.75) is 13.0 Å². The summed E-state index contributed by atoms with van der Waals surface area (Å²) in [7, 11) is 3.26. The largest absolute Gasteiger partial charge is 0.493 e. The molecule has 0 aliphatic carbocycles. The molecule has 0 atom stereocenters. The first-order valence-corrected chi connectivity index (χ1v) is 8.74. The molecule has 0 radical (unpaired) electrons. The molecule has 128 valence electrons. The number of benzene rings is 1. The van der Waals surface area contributed by atoms with Gasteiger partial charge in [-0.05, 0) is 12.1 Å². The number of amides is 1. The number of aromatic nitrogens is 1. The van der Waals surface area contributed by atoms with E-state index in [2.05, 4.69) is 15.6 Å². The third-order valence-corrected chi connectivity index (χ3v) is 4.90. The third-order valence-electron chi connectivity index (χ3n) is 3.98. The second-order valence-electron chi connectivity index (χ2n) is 5.56. The number of methoxy groups -OCH3 is 2. The van der Waals surface area contributed by atoms with Crippen molar-refractivity contribution in [3.05, 3.63) is 29.3 Å². The topological polar surface area (TPSA) is 63.7 Å². The van der Waals surface area contributed by atoms with Crippen LogP contribution in [0.3, 0.4) is 0 Å². The Kier molecular flexibility index (Phi) is 5.32. The summed E-state index contributed by atoms with van der Waals surface area (Å²) in [5.74, 6) is 1.52. The van der Waals surface area contributed by atoms with Gasteiger partial charge in [-0.3, -0.25) is 9.69 Å². The molecule has 1 N–H and O–H groups in total. The fourth-order valence-electron chi connectivity index (χ4n) is 2.76. The van der Waals surface area contributed by atoms with E-state index in [1.807, 2.05) is 18.2 Å². The van der Waals surface area contributed by atoms with Crippen LogP contribution >= 0.6 is 11.3 Å². The first-order valence-electron chi connectivity index (χ1n) is 7.86. The van der Waals surface area contributed by atoms with Crippen LogP contribution in [0.1, 0.15) is 12.1 Å². The predicted molar refractivity (Wildman–Crippen MR) is 93.6 cm³/mol. The first kappa shape index (κ1) is 16.7. The molecule has 0 saturated carbocycles. The molecular weight excluding hydrogens is 326 g/mol. The third kappa shape index (κ3) is 3.68. The highest BCUT2D eigenvalue weighted by atomic mass is 32.1. The van der Waals surface area contributed by atoms with E-state index in [1.165, 1.54) is 0 Å². The summed E-state index contributed by atoms with van der Waals surface area (Å²) in [6.45, 7) is 3.06. The second kappa shape index (κ2) is 7.63. The molecule has 1 aromatic heterocycles. The van der Waals surface area contributed by atoms with Crippen LogP contribution in [0.5, 0.6) is 11.5 Å². The molecule has 2 aromatic rings. The minimum Gasteiger partial charge on any atom is -0.493 e. The Labute approximate surface area is 145 Å². The summed E-state index contributed by atoms with van der Waals surface area (Å²) in [4.78, 5) is 18.4. The van der Waals surface area contributed by atoms with E-state index in [9.17, 15) is 4.79 Å². The number of carbonyl (C=O) groups is 1. The zero-order valence-corrected chi connectivity index (χ0v) is 14.7. The van der Waals surface area contributed by atoms with E-state index in [-0.39, 0.29) is 5.91 Å². The van der Waals surface area contributed by atoms with E-state index in [4.69, 9.17) is 14.5 Å². The van der Waals surface area contributed by atoms with Gasteiger partial charge in [-0.15, -0.1) is 11.3 Å². The summed E-state index contributed by atoms with van der Waals surface area (Å²) in [6.07, 6.45) is 0.542. The van der Waals surface area contributed by atoms with Crippen molar-refractivity contribution in [1.82, 2.24) is 15.2 Å². The molecule has 3 rings (SSSR count). The zero-order chi connectivity index (χ0) is 16.9. The van der Waals surface area contributed by atoms with Gasteiger partial charge in [-0.2, -0.15) is 0 Å². The molecule has 1 fully saturated rings. The number of para-hydroxylation sites is 1. The number of rotatable bonds is 5. The highest BCUT2D eigenvalue weighted by molar-refractivity contribution is 7.13. The Morgan fingerprint density at radius 1 is 1.29 bits per heavy atom. The molecule has 1 aromatic carbocycles. The molecule has 7 heteroatoms. The molecule has 0 spiro atoms. The molecule has 1 aliphatic heterocycles. The summed E-state index contributed by atoms with van der Waals surface area (Å²) in [6, 6.07) is 5.79. The summed E-state index contributed by atoms with van der Waals surface area (Å²) < 4.78 is 10.9. The maximum absolute atomic E-state index is 11.4. The van der Waals surface area contributed by atoms with Gasteiger partial charge in [-0.1, -0.05) is 6.07 Å². The van der Waals surface area contributed by atoms with Crippen LogP contribution in [0.2, 0.25) is 0 Å². The molecule has 2 heterocycles. The van der Waals surface area contributed by atoms with Gasteiger partial charge in [0, 0.05) is 38.0 Å². The molecule has 1 aliphatic rings. The van der Waals surface area contributed by atoms with Gasteiger partial charge >= 0.3 is 0 Å². The minimum atomic E-state index is 0.123. The Morgan fingerprint density at radius 2 is 2.17 bits per heavy atom. The SMILES string of the molecule is COc1cccc(-c2nc(CN3CCNC(=O)CC3)cs2)c1OC. The van der Waals surface area contributed by atoms with Gasteiger partial charge in [0.05, 0.1) is 25.5 Å². The number of nitrogens with zero attached hydrogens (tertiary/aromatic N) is 2. The molecule has 6 nitrogen and oxygen atoms in total. The molecule has 0 bridgehead atoms. The van der Waals surface area contributed by atoms with Crippen LogP contribution < -0.4 is 14.8 Å². The lowest BCUT2D eigenvalue weighted by Crippen LogP contribution is -2.28. The Bertz CT molecular complexity index is 717. The number of carbonyl (C=O) groups excluding carboxylic acids is 1. The lowest BCUT2D eigenvalue weighted by atomic mass is 10.2. The van der Waals surface area contributed by atoms with Gasteiger partial charge < -0.3 is 14.8 Å². The van der Waals surface area contributed by atoms with Crippen molar-refractivity contribution in [3.8, 4) is 22.1 Å². The molecular formula is C17H21N3O3S. The van der Waals surface area contributed by atoms with E-state index in [0.29, 0.717) is 24.5 Å². The van der Waals surface area contributed by atoms with Crippen molar-refractivity contribution in [1.29, 1.82) is 0 Å². The van der Waals surface area contributed by atoms with Crippen LogP contribution in [-0.2, 0) is 11.3 Å². The first-order chi connectivity index (χ1) is 11.7. The summed E-state index contributed by atoms with van der Waals surface area (Å²) in [5, 5.41) is 5.86. The molecule has 1 saturated heterocycles. The minimum absolute atomic E-state index is 0.123. The molecule has 0 unspecified atom stereocenters. The van der Waals surface area contributed by atoms with Crippen molar-refractivity contribution < 1.29 is 14.3 Å². The zero-order valence-electron chi connectivity index (χ0n) is 13.9. The Hall–Kier alpha value is -2.12. The summed E-state index contributed by atoms with van der Waals surface area (Å²) >= 11 is 1.59. The van der Waals surface area contributed by atoms with E-state index >= 15 is 0 Å². The average Bonchev–Trinajstić information content (AvgIpc) is 2.97. The number of hydrogen-bond donors (Lipinski definition) is 1. The summed E-state index contributed by atoms with van der Waals surface area (Å²) in [5.41, 5.74) is 1.94. The van der Waals surface area contributed by atoms with Gasteiger partial charge in [0.25, 0.3) is 0 Å². The number of nitrogens with one attached hydrogen (secondary N) is 1. The van der Waals surface area contributed by atoms with Crippen molar-refractivity contribution >= 4 is 17.2 Å². The molecule has 1 amide bonds. The Balaban J connectivity index is 1.77. The van der Waals surface area contributed by atoms with E-state index in [1.54, 1.807) is 25.6 Å². The van der Waals surface area contributed by atoms with Gasteiger partial charge in [-0.25, -0.2) is 4.98 Å². The van der Waals surface area contributed by atoms with Gasteiger partial charge in [0.2, 0.25) is 5.91 Å². The van der Waals surface area contributed by atoms with Gasteiger partial charge in [0.15, 0.2) is 11.5 Å². The van der Waals surface area contributed by atoms with E-state index < -0.39 is 0 Å². The second-order valence-corrected chi connectivity index (χ2v) is 6.42. The van der Waals surface area contributed by atoms with Gasteiger partial charge in [0.1, 0.15) is 5.01 Å². The standard InChI is InChI=1S/C17H21N3O3S/c1-22-14-5-3-4-13(16(14)23-2)17-19-12(11-24-17)10-20-8-6-15(21)18-7-9-20/h3-5,11H,6-10H2,1-2H3,(H,18,21). The highest BCUT2D eigenvalue weighted by Gasteiger charge is 2.17. The van der Waals surface area contributed by atoms with E-state index in [0.717, 1.165) is 35.9 Å². The lowest BCUT2D eigenvalue weighted by molar-refractivity contribution is -0.120. The van der Waals surface area contributed by atoms with Crippen LogP contribution in [0.15, 0.2) is 23.6 Å². The smallest absolute Gasteiger partial charge is 0.221 e. The quantitative estimate of drug-likeness (QED) is 0.898. The van der Waals surface area contributed by atoms with Crippen LogP contribution in [0, 0.1) is 0 Å². The maximum atomic E-state index is 11.4. The number of ether oxygens (including phenoxy) is 2. The fourth-order valence-corrected chi connectivity index (χ4v) is 3.59. The predicted octanol–water partition coefficient (Wildman–Crippen LogP) is 2.15. The van der Waals surface area contributed by atoms with Crippen molar-refractivity contribution in [3.63, 3.8) is 0 Å². The van der Waals surface area contributed by atoms with Crippen molar-refractivity contribution in [2.75, 3.05) is 33.9 Å². The van der Waals surface area contributed by atoms with Crippen LogP contribution in [-0.4, -0.2) is 49.6 Å².